The zero-order valence-electron chi connectivity index (χ0n) is 62.2. The molecule has 31 nitrogen and oxygen atoms in total. The van der Waals surface area contributed by atoms with E-state index >= 15 is 0 Å². The quantitative estimate of drug-likeness (QED) is 0.0256. The number of fused-ring (bicyclic) bond motifs is 3. The van der Waals surface area contributed by atoms with E-state index in [4.69, 9.17) is 103 Å². The van der Waals surface area contributed by atoms with Crippen molar-refractivity contribution in [3.63, 3.8) is 0 Å². The van der Waals surface area contributed by atoms with Crippen LogP contribution in [0, 0.1) is 0 Å². The Hall–Kier alpha value is -10.4. The van der Waals surface area contributed by atoms with Crippen LogP contribution in [0.4, 0.5) is 66.7 Å². The van der Waals surface area contributed by atoms with Crippen LogP contribution in [0.1, 0.15) is 80.2 Å². The van der Waals surface area contributed by atoms with Crippen LogP contribution >= 0.6 is 80.9 Å². The molecular formula is C74H81Cl6N19O12S. The van der Waals surface area contributed by atoms with Gasteiger partial charge in [-0.05, 0) is 63.2 Å². The highest BCUT2D eigenvalue weighted by Gasteiger charge is 2.41. The number of carbonyl (C=O) groups is 6. The summed E-state index contributed by atoms with van der Waals surface area (Å²) in [7, 11) is 12.1. The molecule has 0 saturated heterocycles. The number of rotatable bonds is 23. The first-order valence-corrected chi connectivity index (χ1v) is 38.3. The molecule has 4 unspecified atom stereocenters. The summed E-state index contributed by atoms with van der Waals surface area (Å²) in [5, 5.41) is 21.8. The van der Waals surface area contributed by atoms with Gasteiger partial charge in [0.2, 0.25) is 35.6 Å². The largest absolute Gasteiger partial charge is 0.495 e. The number of halogens is 6. The average molecular weight is 1670 g/mol. The number of amides is 9. The van der Waals surface area contributed by atoms with Gasteiger partial charge in [-0.15, -0.1) is 11.3 Å². The van der Waals surface area contributed by atoms with Gasteiger partial charge in [0.25, 0.3) is 0 Å². The van der Waals surface area contributed by atoms with Gasteiger partial charge in [0.15, 0.2) is 0 Å². The maximum absolute atomic E-state index is 14.1. The summed E-state index contributed by atoms with van der Waals surface area (Å²) in [4.78, 5) is 117. The summed E-state index contributed by atoms with van der Waals surface area (Å²) in [6.45, 7) is 11.1. The van der Waals surface area contributed by atoms with Crippen molar-refractivity contribution in [2.45, 2.75) is 120 Å². The molecule has 3 aromatic carbocycles. The number of ether oxygens (including phenoxy) is 6. The van der Waals surface area contributed by atoms with E-state index in [-0.39, 0.29) is 139 Å². The monoisotopic (exact) mass is 1670 g/mol. The minimum atomic E-state index is -0.400. The van der Waals surface area contributed by atoms with Crippen molar-refractivity contribution >= 4 is 169 Å². The molecule has 3 aliphatic carbocycles. The predicted octanol–water partition coefficient (Wildman–Crippen LogP) is 13.6. The van der Waals surface area contributed by atoms with E-state index in [2.05, 4.69) is 81.5 Å². The van der Waals surface area contributed by atoms with Crippen LogP contribution in [0.15, 0.2) is 97.8 Å². The summed E-state index contributed by atoms with van der Waals surface area (Å²) >= 11 is 41.0. The van der Waals surface area contributed by atoms with Gasteiger partial charge in [0.05, 0.1) is 109 Å². The Bertz CT molecular complexity index is 4720. The fourth-order valence-electron chi connectivity index (χ4n) is 13.7. The van der Waals surface area contributed by atoms with Gasteiger partial charge in [-0.3, -0.25) is 43.8 Å². The standard InChI is InChI=1S/C27H29Cl2N7O4S.C24H26Cl2N6O4.C23H26Cl2N6O4/c1-4-21(37)32-17-7-5-6-8-18(17)33-26-30-10-15-11-35(24-22(28)19(39-2)9-20(40-3)23(24)29)27(38)36(25(15)34-26)12-16-13-41-14-31-16;1-5-18(33)28-14-8-6-7-9-15(14)29-23-27-11-13-12-32(24(34)31(2)22(13)30-23)21-19(25)16(35-3)10-17(36-4)20(21)26;1-5-17(32)27-13-7-6-8-14(13)28-22-26-10-12-11-31(23(33)30(2)21(12)29-22)20-18(24)15(34-3)9-16(35-4)19(20)25/h4,9-10,13-14,17-18H,1,5-8,11-12H2,2-3H3,(H,32,37)(H,30,33,34);5-7,10-11,14-15H,1,8-9,12H2,2-4H3,(H,28,33)(H,27,29,30);5,9-10,13-14H,1,6-8,11H2,2-4H3,(H,27,32)(H,26,28,29)/t17-,18+;;/m0../s1. The molecule has 2 saturated carbocycles. The smallest absolute Gasteiger partial charge is 0.330 e. The van der Waals surface area contributed by atoms with Crippen LogP contribution < -0.4 is 89.7 Å². The lowest BCUT2D eigenvalue weighted by Gasteiger charge is -2.37. The summed E-state index contributed by atoms with van der Waals surface area (Å²) in [6, 6.07) is 3.01. The molecule has 0 bridgehead atoms. The van der Waals surface area contributed by atoms with Crippen LogP contribution in [0.2, 0.25) is 30.1 Å². The van der Waals surface area contributed by atoms with Gasteiger partial charge >= 0.3 is 18.1 Å². The van der Waals surface area contributed by atoms with E-state index in [0.29, 0.717) is 105 Å². The molecule has 38 heteroatoms. The number of anilines is 9. The second-order valence-corrected chi connectivity index (χ2v) is 29.0. The molecule has 592 valence electrons. The number of nitrogens with one attached hydrogen (secondary N) is 6. The van der Waals surface area contributed by atoms with Gasteiger partial charge in [-0.1, -0.05) is 114 Å². The minimum absolute atomic E-state index is 0.0279. The van der Waals surface area contributed by atoms with Gasteiger partial charge in [-0.2, -0.15) is 15.0 Å². The molecule has 112 heavy (non-hydrogen) atoms. The summed E-state index contributed by atoms with van der Waals surface area (Å²) < 4.78 is 32.2. The second-order valence-electron chi connectivity index (χ2n) is 26.1. The second kappa shape index (κ2) is 36.9. The third-order valence-electron chi connectivity index (χ3n) is 19.4. The highest BCUT2D eigenvalue weighted by molar-refractivity contribution is 7.07. The molecular weight excluding hydrogens is 1590 g/mol. The number of aromatic nitrogens is 7. The number of hydrogen-bond donors (Lipinski definition) is 6. The Morgan fingerprint density at radius 3 is 1.17 bits per heavy atom. The maximum atomic E-state index is 14.1. The summed E-state index contributed by atoms with van der Waals surface area (Å²) in [6.07, 6.45) is 20.5. The Morgan fingerprint density at radius 2 is 0.795 bits per heavy atom. The molecule has 0 radical (unpaired) electrons. The average Bonchev–Trinajstić information content (AvgIpc) is 0.929. The number of benzene rings is 3. The van der Waals surface area contributed by atoms with Crippen molar-refractivity contribution in [1.82, 2.24) is 50.8 Å². The van der Waals surface area contributed by atoms with Crippen LogP contribution in [0.5, 0.6) is 34.5 Å². The van der Waals surface area contributed by atoms with E-state index in [1.807, 2.05) is 17.5 Å². The fraction of sp³-hybridized carbons (Fsp3) is 0.365. The third kappa shape index (κ3) is 17.8. The van der Waals surface area contributed by atoms with E-state index < -0.39 is 6.03 Å². The Kier molecular flexibility index (Phi) is 27.2. The van der Waals surface area contributed by atoms with Crippen LogP contribution in [0.25, 0.3) is 0 Å². The van der Waals surface area contributed by atoms with Crippen molar-refractivity contribution in [2.24, 2.45) is 0 Å². The number of carbonyl (C=O) groups excluding carboxylic acids is 6. The van der Waals surface area contributed by atoms with Crippen molar-refractivity contribution in [1.29, 1.82) is 0 Å². The Morgan fingerprint density at radius 1 is 0.464 bits per heavy atom. The number of urea groups is 3. The van der Waals surface area contributed by atoms with E-state index in [1.165, 1.54) is 102 Å². The van der Waals surface area contributed by atoms with Crippen molar-refractivity contribution in [3.8, 4) is 34.5 Å². The predicted molar refractivity (Wildman–Crippen MR) is 434 cm³/mol. The molecule has 6 aliphatic rings. The summed E-state index contributed by atoms with van der Waals surface area (Å²) in [5.41, 5.74) is 5.29. The lowest BCUT2D eigenvalue weighted by molar-refractivity contribution is -0.118. The molecule has 13 rings (SSSR count). The van der Waals surface area contributed by atoms with Crippen molar-refractivity contribution < 1.29 is 57.2 Å². The lowest BCUT2D eigenvalue weighted by Crippen LogP contribution is -2.49. The molecule has 3 aliphatic heterocycles. The normalized spacial score (nSPS) is 18.9. The molecule has 7 heterocycles. The number of nitrogens with zero attached hydrogens (tertiary/aromatic N) is 13. The molecule has 6 N–H and O–H groups in total. The molecule has 7 aromatic rings. The highest BCUT2D eigenvalue weighted by atomic mass is 35.5. The first kappa shape index (κ1) is 82.6. The maximum Gasteiger partial charge on any atom is 0.330 e. The first-order valence-electron chi connectivity index (χ1n) is 35.1. The zero-order chi connectivity index (χ0) is 80.4. The van der Waals surface area contributed by atoms with Crippen LogP contribution in [-0.4, -0.2) is 164 Å². The molecule has 4 aromatic heterocycles. The Balaban J connectivity index is 0.000000167. The molecule has 2 fully saturated rings. The van der Waals surface area contributed by atoms with Gasteiger partial charge in [0, 0.05) is 97.1 Å². The SMILES string of the molecule is C=CC(=O)NC1CC=CCC1Nc1ncc2c(n1)N(C)C(=O)N(c1c(Cl)c(OC)cc(OC)c1Cl)C2.C=CC(=O)NC1CCCC1Nc1ncc2c(n1)N(C)C(=O)N(c1c(Cl)c(OC)cc(OC)c1Cl)C2.C=CC(=O)N[C@H]1CCCC[C@H]1Nc1ncc2c(n1)N(Cc1cscn1)C(=O)N(c1c(Cl)c(OC)cc(OC)c1Cl)C2. The van der Waals surface area contributed by atoms with E-state index in [9.17, 15) is 28.8 Å². The lowest BCUT2D eigenvalue weighted by atomic mass is 9.90. The van der Waals surface area contributed by atoms with Crippen molar-refractivity contribution in [3.05, 3.63) is 150 Å². The zero-order valence-corrected chi connectivity index (χ0v) is 67.5. The van der Waals surface area contributed by atoms with Gasteiger partial charge < -0.3 is 60.3 Å². The van der Waals surface area contributed by atoms with Crippen LogP contribution in [0.3, 0.4) is 0 Å². The highest BCUT2D eigenvalue weighted by Crippen LogP contribution is 2.52. The summed E-state index contributed by atoms with van der Waals surface area (Å²) in [5.74, 6) is 3.70. The number of hydrogen-bond acceptors (Lipinski definition) is 23. The van der Waals surface area contributed by atoms with Gasteiger partial charge in [0.1, 0.15) is 82.1 Å². The molecule has 9 amide bonds. The minimum Gasteiger partial charge on any atom is -0.495 e. The van der Waals surface area contributed by atoms with E-state index in [1.54, 1.807) is 56.4 Å². The molecule has 0 spiro atoms. The van der Waals surface area contributed by atoms with Gasteiger partial charge in [-0.25, -0.2) is 34.3 Å². The van der Waals surface area contributed by atoms with Crippen molar-refractivity contribution in [2.75, 3.05) is 102 Å². The topological polar surface area (TPSA) is 340 Å². The van der Waals surface area contributed by atoms with Crippen LogP contribution in [-0.2, 0) is 40.6 Å². The Labute approximate surface area is 679 Å². The van der Waals surface area contributed by atoms with E-state index in [0.717, 1.165) is 44.9 Å². The third-order valence-corrected chi connectivity index (χ3v) is 22.2. The number of methoxy groups -OCH3 is 6. The molecule has 6 atom stereocenters. The number of thiazole rings is 1. The fourth-order valence-corrected chi connectivity index (χ4v) is 16.3. The first-order chi connectivity index (χ1) is 53.9.